The van der Waals surface area contributed by atoms with E-state index in [2.05, 4.69) is 10.3 Å². The van der Waals surface area contributed by atoms with Crippen LogP contribution in [0.4, 0.5) is 0 Å². The van der Waals surface area contributed by atoms with Crippen molar-refractivity contribution in [2.45, 2.75) is 12.5 Å². The zero-order valence-electron chi connectivity index (χ0n) is 15.9. The highest BCUT2D eigenvalue weighted by Crippen LogP contribution is 2.31. The molecule has 3 aromatic rings. The Labute approximate surface area is 162 Å². The lowest BCUT2D eigenvalue weighted by Gasteiger charge is -2.19. The van der Waals surface area contributed by atoms with Gasteiger partial charge in [-0.1, -0.05) is 24.3 Å². The Kier molecular flexibility index (Phi) is 5.84. The number of rotatable bonds is 7. The SMILES string of the molecule is COC(=O)CC(NC(=O)c1cc2ccccc2[nH]1)c1ccc(OC)c(OC)c1. The van der Waals surface area contributed by atoms with Crippen molar-refractivity contribution < 1.29 is 23.8 Å². The van der Waals surface area contributed by atoms with E-state index in [0.29, 0.717) is 22.8 Å². The summed E-state index contributed by atoms with van der Waals surface area (Å²) in [7, 11) is 4.38. The van der Waals surface area contributed by atoms with Crippen molar-refractivity contribution in [3.05, 3.63) is 59.8 Å². The molecule has 1 atom stereocenters. The summed E-state index contributed by atoms with van der Waals surface area (Å²) in [6.45, 7) is 0. The van der Waals surface area contributed by atoms with E-state index in [1.807, 2.05) is 24.3 Å². The van der Waals surface area contributed by atoms with Gasteiger partial charge in [0.25, 0.3) is 5.91 Å². The standard InChI is InChI=1S/C21H22N2O5/c1-26-18-9-8-14(11-19(18)27-2)16(12-20(24)28-3)23-21(25)17-10-13-6-4-5-7-15(13)22-17/h4-11,16,22H,12H2,1-3H3,(H,23,25). The number of nitrogens with one attached hydrogen (secondary N) is 2. The average Bonchev–Trinajstić information content (AvgIpc) is 3.17. The molecule has 0 aliphatic rings. The molecule has 0 radical (unpaired) electrons. The van der Waals surface area contributed by atoms with Crippen LogP contribution in [0.2, 0.25) is 0 Å². The Balaban J connectivity index is 1.89. The summed E-state index contributed by atoms with van der Waals surface area (Å²) >= 11 is 0. The summed E-state index contributed by atoms with van der Waals surface area (Å²) in [6, 6.07) is 14.0. The van der Waals surface area contributed by atoms with Gasteiger partial charge in [-0.2, -0.15) is 0 Å². The summed E-state index contributed by atoms with van der Waals surface area (Å²) < 4.78 is 15.4. The second-order valence-corrected chi connectivity index (χ2v) is 6.19. The van der Waals surface area contributed by atoms with Crippen LogP contribution in [0, 0.1) is 0 Å². The Morgan fingerprint density at radius 3 is 2.43 bits per heavy atom. The van der Waals surface area contributed by atoms with E-state index in [0.717, 1.165) is 10.9 Å². The normalized spacial score (nSPS) is 11.7. The number of hydrogen-bond acceptors (Lipinski definition) is 5. The third kappa shape index (κ3) is 4.09. The van der Waals surface area contributed by atoms with E-state index in [4.69, 9.17) is 14.2 Å². The molecule has 1 heterocycles. The summed E-state index contributed by atoms with van der Waals surface area (Å²) in [5, 5.41) is 3.83. The molecule has 2 aromatic carbocycles. The van der Waals surface area contributed by atoms with Crippen LogP contribution < -0.4 is 14.8 Å². The third-order valence-electron chi connectivity index (χ3n) is 4.49. The maximum Gasteiger partial charge on any atom is 0.307 e. The molecule has 1 unspecified atom stereocenters. The van der Waals surface area contributed by atoms with Crippen LogP contribution in [0.5, 0.6) is 11.5 Å². The van der Waals surface area contributed by atoms with Gasteiger partial charge in [0.15, 0.2) is 11.5 Å². The molecule has 146 valence electrons. The fraction of sp³-hybridized carbons (Fsp3) is 0.238. The molecule has 0 saturated carbocycles. The Morgan fingerprint density at radius 1 is 1.00 bits per heavy atom. The number of para-hydroxylation sites is 1. The first-order valence-corrected chi connectivity index (χ1v) is 8.73. The minimum atomic E-state index is -0.592. The molecule has 7 heteroatoms. The van der Waals surface area contributed by atoms with Crippen LogP contribution in [0.1, 0.15) is 28.5 Å². The number of carbonyl (C=O) groups excluding carboxylic acids is 2. The van der Waals surface area contributed by atoms with Crippen molar-refractivity contribution in [3.8, 4) is 11.5 Å². The van der Waals surface area contributed by atoms with Crippen LogP contribution in [-0.2, 0) is 9.53 Å². The van der Waals surface area contributed by atoms with E-state index >= 15 is 0 Å². The highest BCUT2D eigenvalue weighted by molar-refractivity contribution is 5.98. The number of aromatic nitrogens is 1. The zero-order valence-corrected chi connectivity index (χ0v) is 15.9. The van der Waals surface area contributed by atoms with E-state index in [-0.39, 0.29) is 12.3 Å². The van der Waals surface area contributed by atoms with E-state index in [9.17, 15) is 9.59 Å². The first-order chi connectivity index (χ1) is 13.5. The summed E-state index contributed by atoms with van der Waals surface area (Å²) in [4.78, 5) is 27.8. The van der Waals surface area contributed by atoms with Gasteiger partial charge >= 0.3 is 5.97 Å². The van der Waals surface area contributed by atoms with Gasteiger partial charge in [0.05, 0.1) is 33.8 Å². The Morgan fingerprint density at radius 2 is 1.75 bits per heavy atom. The molecular formula is C21H22N2O5. The zero-order chi connectivity index (χ0) is 20.1. The maximum absolute atomic E-state index is 12.8. The van der Waals surface area contributed by atoms with Crippen molar-refractivity contribution in [1.82, 2.24) is 10.3 Å². The number of aromatic amines is 1. The topological polar surface area (TPSA) is 89.7 Å². The number of fused-ring (bicyclic) bond motifs is 1. The summed E-state index contributed by atoms with van der Waals surface area (Å²) in [5.41, 5.74) is 1.98. The van der Waals surface area contributed by atoms with Crippen molar-refractivity contribution in [2.75, 3.05) is 21.3 Å². The predicted octanol–water partition coefficient (Wildman–Crippen LogP) is 3.22. The molecule has 0 aliphatic heterocycles. The number of amides is 1. The van der Waals surface area contributed by atoms with Gasteiger partial charge in [-0.05, 0) is 29.8 Å². The summed E-state index contributed by atoms with van der Waals surface area (Å²) in [6.07, 6.45) is -0.0159. The number of ether oxygens (including phenoxy) is 3. The van der Waals surface area contributed by atoms with E-state index in [1.165, 1.54) is 14.2 Å². The van der Waals surface area contributed by atoms with Gasteiger partial charge in [-0.15, -0.1) is 0 Å². The van der Waals surface area contributed by atoms with Crippen LogP contribution >= 0.6 is 0 Å². The van der Waals surface area contributed by atoms with Crippen molar-refractivity contribution >= 4 is 22.8 Å². The third-order valence-corrected chi connectivity index (χ3v) is 4.49. The number of hydrogen-bond donors (Lipinski definition) is 2. The van der Waals surface area contributed by atoms with Gasteiger partial charge in [0.2, 0.25) is 0 Å². The monoisotopic (exact) mass is 382 g/mol. The Hall–Kier alpha value is -3.48. The van der Waals surface area contributed by atoms with Crippen molar-refractivity contribution in [1.29, 1.82) is 0 Å². The Bertz CT molecular complexity index is 962. The minimum Gasteiger partial charge on any atom is -0.493 e. The second kappa shape index (κ2) is 8.47. The number of H-pyrrole nitrogens is 1. The van der Waals surface area contributed by atoms with Crippen molar-refractivity contribution in [2.24, 2.45) is 0 Å². The number of carbonyl (C=O) groups is 2. The van der Waals surface area contributed by atoms with Crippen LogP contribution in [0.3, 0.4) is 0 Å². The highest BCUT2D eigenvalue weighted by atomic mass is 16.5. The first-order valence-electron chi connectivity index (χ1n) is 8.73. The molecule has 0 spiro atoms. The molecule has 0 saturated heterocycles. The molecule has 1 amide bonds. The number of methoxy groups -OCH3 is 3. The molecule has 1 aromatic heterocycles. The lowest BCUT2D eigenvalue weighted by molar-refractivity contribution is -0.141. The molecule has 0 bridgehead atoms. The number of benzene rings is 2. The molecule has 28 heavy (non-hydrogen) atoms. The lowest BCUT2D eigenvalue weighted by Crippen LogP contribution is -2.30. The molecular weight excluding hydrogens is 360 g/mol. The fourth-order valence-electron chi connectivity index (χ4n) is 3.00. The molecule has 0 fully saturated rings. The quantitative estimate of drug-likeness (QED) is 0.613. The molecule has 2 N–H and O–H groups in total. The van der Waals surface area contributed by atoms with Gasteiger partial charge in [-0.3, -0.25) is 9.59 Å². The minimum absolute atomic E-state index is 0.0159. The predicted molar refractivity (Wildman–Crippen MR) is 105 cm³/mol. The smallest absolute Gasteiger partial charge is 0.307 e. The largest absolute Gasteiger partial charge is 0.493 e. The van der Waals surface area contributed by atoms with Crippen molar-refractivity contribution in [3.63, 3.8) is 0 Å². The second-order valence-electron chi connectivity index (χ2n) is 6.19. The number of esters is 1. The van der Waals surface area contributed by atoms with E-state index < -0.39 is 12.0 Å². The molecule has 0 aliphatic carbocycles. The van der Waals surface area contributed by atoms with E-state index in [1.54, 1.807) is 31.4 Å². The van der Waals surface area contributed by atoms with Gasteiger partial charge in [0, 0.05) is 10.9 Å². The first kappa shape index (κ1) is 19.3. The lowest BCUT2D eigenvalue weighted by atomic mass is 10.0. The van der Waals surface area contributed by atoms with Crippen LogP contribution in [0.15, 0.2) is 48.5 Å². The molecule has 7 nitrogen and oxygen atoms in total. The maximum atomic E-state index is 12.8. The van der Waals surface area contributed by atoms with Crippen LogP contribution in [0.25, 0.3) is 10.9 Å². The van der Waals surface area contributed by atoms with Gasteiger partial charge in [0.1, 0.15) is 5.69 Å². The summed E-state index contributed by atoms with van der Waals surface area (Å²) in [5.74, 6) is 0.316. The van der Waals surface area contributed by atoms with Gasteiger partial charge in [-0.25, -0.2) is 0 Å². The van der Waals surface area contributed by atoms with Gasteiger partial charge < -0.3 is 24.5 Å². The fourth-order valence-corrected chi connectivity index (χ4v) is 3.00. The highest BCUT2D eigenvalue weighted by Gasteiger charge is 2.22. The van der Waals surface area contributed by atoms with Crippen LogP contribution in [-0.4, -0.2) is 38.2 Å². The molecule has 3 rings (SSSR count). The average molecular weight is 382 g/mol.